The van der Waals surface area contributed by atoms with Crippen molar-refractivity contribution in [3.05, 3.63) is 18.2 Å². The van der Waals surface area contributed by atoms with Crippen LogP contribution in [0.3, 0.4) is 0 Å². The van der Waals surface area contributed by atoms with E-state index >= 15 is 0 Å². The number of rotatable bonds is 7. The zero-order valence-corrected chi connectivity index (χ0v) is 11.7. The van der Waals surface area contributed by atoms with Crippen molar-refractivity contribution < 1.29 is 4.74 Å². The number of nitrogen functional groups attached to an aromatic ring is 1. The molecule has 0 bridgehead atoms. The smallest absolute Gasteiger partial charge is 0.143 e. The highest BCUT2D eigenvalue weighted by atomic mass is 32.2. The van der Waals surface area contributed by atoms with Crippen molar-refractivity contribution in [2.75, 3.05) is 38.7 Å². The van der Waals surface area contributed by atoms with E-state index in [-0.39, 0.29) is 0 Å². The van der Waals surface area contributed by atoms with Crippen LogP contribution in [0.25, 0.3) is 0 Å². The molecule has 0 spiro atoms. The van der Waals surface area contributed by atoms with Crippen LogP contribution in [-0.2, 0) is 0 Å². The van der Waals surface area contributed by atoms with Gasteiger partial charge >= 0.3 is 0 Å². The zero-order valence-electron chi connectivity index (χ0n) is 10.9. The third-order valence-electron chi connectivity index (χ3n) is 2.25. The van der Waals surface area contributed by atoms with E-state index in [4.69, 9.17) is 10.5 Å². The molecule has 0 radical (unpaired) electrons. The minimum atomic E-state index is 0.718. The maximum absolute atomic E-state index is 5.86. The summed E-state index contributed by atoms with van der Waals surface area (Å²) < 4.78 is 5.61. The second-order valence-corrected chi connectivity index (χ2v) is 5.37. The maximum Gasteiger partial charge on any atom is 0.143 e. The maximum atomic E-state index is 5.86. The average Bonchev–Trinajstić information content (AvgIpc) is 2.29. The van der Waals surface area contributed by atoms with Crippen LogP contribution in [0.15, 0.2) is 23.1 Å². The highest BCUT2D eigenvalue weighted by Gasteiger charge is 2.03. The number of hydrogen-bond acceptors (Lipinski definition) is 4. The van der Waals surface area contributed by atoms with Crippen molar-refractivity contribution >= 4 is 17.4 Å². The molecule has 96 valence electrons. The van der Waals surface area contributed by atoms with E-state index in [2.05, 4.69) is 32.0 Å². The second kappa shape index (κ2) is 7.45. The Kier molecular flexibility index (Phi) is 6.22. The fourth-order valence-corrected chi connectivity index (χ4v) is 2.33. The van der Waals surface area contributed by atoms with Crippen molar-refractivity contribution in [2.45, 2.75) is 18.2 Å². The molecule has 1 aromatic carbocycles. The predicted molar refractivity (Wildman–Crippen MR) is 75.9 cm³/mol. The van der Waals surface area contributed by atoms with Gasteiger partial charge in [0.1, 0.15) is 5.75 Å². The summed E-state index contributed by atoms with van der Waals surface area (Å²) in [4.78, 5) is 3.39. The van der Waals surface area contributed by atoms with E-state index in [1.54, 1.807) is 0 Å². The number of nitrogens with two attached hydrogens (primary N) is 1. The van der Waals surface area contributed by atoms with Gasteiger partial charge in [0, 0.05) is 17.2 Å². The molecule has 0 aromatic heterocycles. The third kappa shape index (κ3) is 5.33. The molecule has 0 unspecified atom stereocenters. The third-order valence-corrected chi connectivity index (χ3v) is 3.23. The highest BCUT2D eigenvalue weighted by Crippen LogP contribution is 2.28. The molecule has 4 heteroatoms. The van der Waals surface area contributed by atoms with Crippen LogP contribution in [0.5, 0.6) is 5.75 Å². The van der Waals surface area contributed by atoms with Crippen LogP contribution < -0.4 is 10.5 Å². The molecular formula is C13H22N2OS. The molecular weight excluding hydrogens is 232 g/mol. The topological polar surface area (TPSA) is 38.5 Å². The Morgan fingerprint density at radius 1 is 1.35 bits per heavy atom. The standard InChI is InChI=1S/C13H22N2OS/c1-4-8-16-13-10-11(5-6-12(13)14)17-9-7-15(2)3/h5-6,10H,4,7-9,14H2,1-3H3. The Labute approximate surface area is 108 Å². The average molecular weight is 254 g/mol. The first kappa shape index (κ1) is 14.2. The summed E-state index contributed by atoms with van der Waals surface area (Å²) in [5.41, 5.74) is 6.58. The molecule has 0 saturated carbocycles. The first-order valence-corrected chi connectivity index (χ1v) is 6.92. The van der Waals surface area contributed by atoms with E-state index in [0.29, 0.717) is 0 Å². The van der Waals surface area contributed by atoms with Crippen LogP contribution in [0.1, 0.15) is 13.3 Å². The molecule has 0 saturated heterocycles. The predicted octanol–water partition coefficient (Wildman–Crippen LogP) is 2.71. The minimum Gasteiger partial charge on any atom is -0.491 e. The van der Waals surface area contributed by atoms with Gasteiger partial charge in [0.25, 0.3) is 0 Å². The van der Waals surface area contributed by atoms with Gasteiger partial charge in [0.15, 0.2) is 0 Å². The van der Waals surface area contributed by atoms with Gasteiger partial charge in [-0.15, -0.1) is 11.8 Å². The number of hydrogen-bond donors (Lipinski definition) is 1. The monoisotopic (exact) mass is 254 g/mol. The molecule has 2 N–H and O–H groups in total. The normalized spacial score (nSPS) is 10.8. The molecule has 0 amide bonds. The van der Waals surface area contributed by atoms with Gasteiger partial charge < -0.3 is 15.4 Å². The molecule has 1 aromatic rings. The summed E-state index contributed by atoms with van der Waals surface area (Å²) >= 11 is 1.83. The number of ether oxygens (including phenoxy) is 1. The Morgan fingerprint density at radius 3 is 2.76 bits per heavy atom. The van der Waals surface area contributed by atoms with E-state index in [1.807, 2.05) is 23.9 Å². The first-order chi connectivity index (χ1) is 8.13. The number of anilines is 1. The summed E-state index contributed by atoms with van der Waals surface area (Å²) in [7, 11) is 4.17. The van der Waals surface area contributed by atoms with Gasteiger partial charge in [-0.2, -0.15) is 0 Å². The van der Waals surface area contributed by atoms with E-state index in [0.717, 1.165) is 36.8 Å². The summed E-state index contributed by atoms with van der Waals surface area (Å²) in [5, 5.41) is 0. The molecule has 0 aliphatic carbocycles. The Hall–Kier alpha value is -0.870. The molecule has 3 nitrogen and oxygen atoms in total. The minimum absolute atomic E-state index is 0.718. The lowest BCUT2D eigenvalue weighted by atomic mass is 10.3. The number of nitrogens with zero attached hydrogens (tertiary/aromatic N) is 1. The van der Waals surface area contributed by atoms with E-state index in [9.17, 15) is 0 Å². The van der Waals surface area contributed by atoms with Gasteiger partial charge in [-0.1, -0.05) is 6.92 Å². The van der Waals surface area contributed by atoms with Crippen molar-refractivity contribution in [1.82, 2.24) is 4.90 Å². The Morgan fingerprint density at radius 2 is 2.12 bits per heavy atom. The Balaban J connectivity index is 2.55. The largest absolute Gasteiger partial charge is 0.491 e. The molecule has 0 heterocycles. The van der Waals surface area contributed by atoms with Crippen LogP contribution in [0, 0.1) is 0 Å². The second-order valence-electron chi connectivity index (χ2n) is 4.20. The summed E-state index contributed by atoms with van der Waals surface area (Å²) in [6.07, 6.45) is 0.997. The summed E-state index contributed by atoms with van der Waals surface area (Å²) in [5.74, 6) is 1.88. The summed E-state index contributed by atoms with van der Waals surface area (Å²) in [6, 6.07) is 6.00. The van der Waals surface area contributed by atoms with Crippen molar-refractivity contribution in [1.29, 1.82) is 0 Å². The van der Waals surface area contributed by atoms with Gasteiger partial charge in [0.05, 0.1) is 12.3 Å². The lowest BCUT2D eigenvalue weighted by molar-refractivity contribution is 0.318. The first-order valence-electron chi connectivity index (χ1n) is 5.93. The van der Waals surface area contributed by atoms with Gasteiger partial charge in [-0.25, -0.2) is 0 Å². The molecule has 0 fully saturated rings. The van der Waals surface area contributed by atoms with Crippen LogP contribution in [0.2, 0.25) is 0 Å². The molecule has 17 heavy (non-hydrogen) atoms. The quantitative estimate of drug-likeness (QED) is 0.600. The van der Waals surface area contributed by atoms with Crippen molar-refractivity contribution in [3.8, 4) is 5.75 Å². The zero-order chi connectivity index (χ0) is 12.7. The van der Waals surface area contributed by atoms with Crippen LogP contribution in [-0.4, -0.2) is 37.9 Å². The van der Waals surface area contributed by atoms with Crippen LogP contribution >= 0.6 is 11.8 Å². The molecule has 0 atom stereocenters. The number of benzene rings is 1. The SMILES string of the molecule is CCCOc1cc(SCCN(C)C)ccc1N. The van der Waals surface area contributed by atoms with Crippen LogP contribution in [0.4, 0.5) is 5.69 Å². The fraction of sp³-hybridized carbons (Fsp3) is 0.538. The number of thioether (sulfide) groups is 1. The van der Waals surface area contributed by atoms with Crippen molar-refractivity contribution in [3.63, 3.8) is 0 Å². The lowest BCUT2D eigenvalue weighted by Gasteiger charge is -2.11. The van der Waals surface area contributed by atoms with E-state index in [1.165, 1.54) is 4.90 Å². The Bertz CT molecular complexity index is 342. The molecule has 1 rings (SSSR count). The highest BCUT2D eigenvalue weighted by molar-refractivity contribution is 7.99. The van der Waals surface area contributed by atoms with Gasteiger partial charge in [-0.3, -0.25) is 0 Å². The summed E-state index contributed by atoms with van der Waals surface area (Å²) in [6.45, 7) is 3.88. The van der Waals surface area contributed by atoms with Gasteiger partial charge in [-0.05, 0) is 38.7 Å². The van der Waals surface area contributed by atoms with Gasteiger partial charge in [0.2, 0.25) is 0 Å². The molecule has 0 aliphatic heterocycles. The molecule has 0 aliphatic rings. The van der Waals surface area contributed by atoms with Crippen molar-refractivity contribution in [2.24, 2.45) is 0 Å². The van der Waals surface area contributed by atoms with E-state index < -0.39 is 0 Å². The fourth-order valence-electron chi connectivity index (χ4n) is 1.29. The lowest BCUT2D eigenvalue weighted by Crippen LogP contribution is -2.14.